The standard InChI is InChI=1S/C6H5IN2O/c7-6-4(3-10)5(8)1-2-9-6/h1-3H,(H2,8,9). The van der Waals surface area contributed by atoms with Crippen LogP contribution >= 0.6 is 22.6 Å². The molecule has 0 amide bonds. The number of rotatable bonds is 1. The number of aldehydes is 1. The largest absolute Gasteiger partial charge is 0.398 e. The molecule has 0 spiro atoms. The van der Waals surface area contributed by atoms with Crippen molar-refractivity contribution >= 4 is 34.6 Å². The molecule has 0 saturated heterocycles. The minimum atomic E-state index is 0.475. The van der Waals surface area contributed by atoms with Gasteiger partial charge in [0.1, 0.15) is 3.70 Å². The van der Waals surface area contributed by atoms with Crippen LogP contribution < -0.4 is 5.73 Å². The maximum absolute atomic E-state index is 10.3. The van der Waals surface area contributed by atoms with Gasteiger partial charge in [-0.25, -0.2) is 4.98 Å². The molecule has 1 aromatic heterocycles. The molecule has 0 radical (unpaired) electrons. The van der Waals surface area contributed by atoms with Crippen LogP contribution in [0.4, 0.5) is 5.69 Å². The van der Waals surface area contributed by atoms with E-state index < -0.39 is 0 Å². The van der Waals surface area contributed by atoms with Gasteiger partial charge in [0.25, 0.3) is 0 Å². The number of nitrogens with two attached hydrogens (primary N) is 1. The summed E-state index contributed by atoms with van der Waals surface area (Å²) < 4.78 is 0.646. The zero-order valence-electron chi connectivity index (χ0n) is 5.04. The second-order valence-corrected chi connectivity index (χ2v) is 2.74. The van der Waals surface area contributed by atoms with Gasteiger partial charge < -0.3 is 5.73 Å². The van der Waals surface area contributed by atoms with Crippen LogP contribution in [0.1, 0.15) is 10.4 Å². The molecule has 0 aliphatic carbocycles. The maximum Gasteiger partial charge on any atom is 0.154 e. The Labute approximate surface area is 71.8 Å². The van der Waals surface area contributed by atoms with E-state index in [4.69, 9.17) is 5.73 Å². The predicted octanol–water partition coefficient (Wildman–Crippen LogP) is 1.08. The number of hydrogen-bond donors (Lipinski definition) is 1. The number of halogens is 1. The third-order valence-corrected chi connectivity index (χ3v) is 1.95. The van der Waals surface area contributed by atoms with Gasteiger partial charge in [0.15, 0.2) is 6.29 Å². The van der Waals surface area contributed by atoms with Gasteiger partial charge in [-0.2, -0.15) is 0 Å². The molecule has 0 unspecified atom stereocenters. The summed E-state index contributed by atoms with van der Waals surface area (Å²) >= 11 is 1.96. The smallest absolute Gasteiger partial charge is 0.154 e. The second kappa shape index (κ2) is 2.96. The lowest BCUT2D eigenvalue weighted by Gasteiger charge is -1.97. The van der Waals surface area contributed by atoms with Crippen molar-refractivity contribution in [3.63, 3.8) is 0 Å². The number of anilines is 1. The second-order valence-electron chi connectivity index (χ2n) is 1.72. The van der Waals surface area contributed by atoms with Crippen molar-refractivity contribution in [3.8, 4) is 0 Å². The Morgan fingerprint density at radius 2 is 2.40 bits per heavy atom. The lowest BCUT2D eigenvalue weighted by atomic mass is 10.3. The lowest BCUT2D eigenvalue weighted by Crippen LogP contribution is -1.97. The van der Waals surface area contributed by atoms with Crippen molar-refractivity contribution in [2.75, 3.05) is 5.73 Å². The number of aromatic nitrogens is 1. The van der Waals surface area contributed by atoms with Crippen LogP contribution in [0.3, 0.4) is 0 Å². The molecule has 1 aromatic rings. The van der Waals surface area contributed by atoms with Crippen molar-refractivity contribution < 1.29 is 4.79 Å². The van der Waals surface area contributed by atoms with E-state index in [1.54, 1.807) is 12.3 Å². The molecule has 3 nitrogen and oxygen atoms in total. The SMILES string of the molecule is Nc1ccnc(I)c1C=O. The number of pyridine rings is 1. The average molecular weight is 248 g/mol. The third kappa shape index (κ3) is 1.26. The van der Waals surface area contributed by atoms with E-state index in [2.05, 4.69) is 4.98 Å². The van der Waals surface area contributed by atoms with Crippen LogP contribution in [-0.2, 0) is 0 Å². The molecule has 1 heterocycles. The van der Waals surface area contributed by atoms with Gasteiger partial charge in [0.2, 0.25) is 0 Å². The highest BCUT2D eigenvalue weighted by Gasteiger charge is 2.01. The molecule has 0 aliphatic heterocycles. The highest BCUT2D eigenvalue weighted by atomic mass is 127. The fraction of sp³-hybridized carbons (Fsp3) is 0. The van der Waals surface area contributed by atoms with E-state index >= 15 is 0 Å². The number of nitrogen functional groups attached to an aromatic ring is 1. The number of nitrogens with zero attached hydrogens (tertiary/aromatic N) is 1. The molecule has 10 heavy (non-hydrogen) atoms. The Morgan fingerprint density at radius 1 is 1.70 bits per heavy atom. The monoisotopic (exact) mass is 248 g/mol. The fourth-order valence-corrected chi connectivity index (χ4v) is 1.18. The molecular formula is C6H5IN2O. The van der Waals surface area contributed by atoms with Crippen molar-refractivity contribution in [3.05, 3.63) is 21.5 Å². The van der Waals surface area contributed by atoms with Gasteiger partial charge in [-0.05, 0) is 28.7 Å². The van der Waals surface area contributed by atoms with Gasteiger partial charge in [-0.3, -0.25) is 4.79 Å². The molecule has 0 aliphatic rings. The minimum absolute atomic E-state index is 0.475. The molecule has 0 saturated carbocycles. The van der Waals surface area contributed by atoms with E-state index in [9.17, 15) is 4.79 Å². The van der Waals surface area contributed by atoms with E-state index in [-0.39, 0.29) is 0 Å². The van der Waals surface area contributed by atoms with Crippen LogP contribution in [0.5, 0.6) is 0 Å². The molecule has 52 valence electrons. The first-order valence-electron chi connectivity index (χ1n) is 2.61. The summed E-state index contributed by atoms with van der Waals surface area (Å²) in [5, 5.41) is 0. The van der Waals surface area contributed by atoms with Crippen LogP contribution in [0.15, 0.2) is 12.3 Å². The zero-order chi connectivity index (χ0) is 7.56. The summed E-state index contributed by atoms with van der Waals surface area (Å²) in [5.74, 6) is 0. The molecule has 2 N–H and O–H groups in total. The lowest BCUT2D eigenvalue weighted by molar-refractivity contribution is 0.112. The summed E-state index contributed by atoms with van der Waals surface area (Å²) in [5.41, 5.74) is 6.41. The Balaban J connectivity index is 3.30. The van der Waals surface area contributed by atoms with Gasteiger partial charge in [0, 0.05) is 11.9 Å². The van der Waals surface area contributed by atoms with Crippen molar-refractivity contribution in [2.45, 2.75) is 0 Å². The minimum Gasteiger partial charge on any atom is -0.398 e. The quantitative estimate of drug-likeness (QED) is 0.459. The average Bonchev–Trinajstić information content (AvgIpc) is 1.88. The van der Waals surface area contributed by atoms with Crippen LogP contribution in [0, 0.1) is 3.70 Å². The Hall–Kier alpha value is -0.650. The van der Waals surface area contributed by atoms with Gasteiger partial charge in [0.05, 0.1) is 5.56 Å². The highest BCUT2D eigenvalue weighted by molar-refractivity contribution is 14.1. The molecule has 1 rings (SSSR count). The zero-order valence-corrected chi connectivity index (χ0v) is 7.20. The highest BCUT2D eigenvalue weighted by Crippen LogP contribution is 2.12. The summed E-state index contributed by atoms with van der Waals surface area (Å²) in [4.78, 5) is 14.2. The normalized spacial score (nSPS) is 9.30. The topological polar surface area (TPSA) is 56.0 Å². The fourth-order valence-electron chi connectivity index (χ4n) is 0.578. The molecule has 0 bridgehead atoms. The Morgan fingerprint density at radius 3 is 2.80 bits per heavy atom. The van der Waals surface area contributed by atoms with Crippen LogP contribution in [-0.4, -0.2) is 11.3 Å². The Bertz CT molecular complexity index is 242. The van der Waals surface area contributed by atoms with Crippen LogP contribution in [0.2, 0.25) is 0 Å². The molecular weight excluding hydrogens is 243 g/mol. The van der Waals surface area contributed by atoms with Crippen molar-refractivity contribution in [2.24, 2.45) is 0 Å². The first-order valence-corrected chi connectivity index (χ1v) is 3.68. The Kier molecular flexibility index (Phi) is 2.21. The molecule has 4 heteroatoms. The van der Waals surface area contributed by atoms with Gasteiger partial charge in [-0.15, -0.1) is 0 Å². The molecule has 0 fully saturated rings. The van der Waals surface area contributed by atoms with Gasteiger partial charge in [-0.1, -0.05) is 0 Å². The van der Waals surface area contributed by atoms with Crippen LogP contribution in [0.25, 0.3) is 0 Å². The third-order valence-electron chi connectivity index (χ3n) is 1.09. The number of hydrogen-bond acceptors (Lipinski definition) is 3. The number of carbonyl (C=O) groups is 1. The van der Waals surface area contributed by atoms with E-state index in [0.29, 0.717) is 21.2 Å². The van der Waals surface area contributed by atoms with Gasteiger partial charge >= 0.3 is 0 Å². The summed E-state index contributed by atoms with van der Waals surface area (Å²) in [6, 6.07) is 1.60. The summed E-state index contributed by atoms with van der Waals surface area (Å²) in [6.07, 6.45) is 2.29. The first-order chi connectivity index (χ1) is 4.75. The first kappa shape index (κ1) is 7.46. The number of carbonyl (C=O) groups excluding carboxylic acids is 1. The molecule has 0 atom stereocenters. The van der Waals surface area contributed by atoms with E-state index in [1.165, 1.54) is 0 Å². The van der Waals surface area contributed by atoms with Crippen molar-refractivity contribution in [1.29, 1.82) is 0 Å². The predicted molar refractivity (Wildman–Crippen MR) is 46.8 cm³/mol. The van der Waals surface area contributed by atoms with Crippen molar-refractivity contribution in [1.82, 2.24) is 4.98 Å². The van der Waals surface area contributed by atoms with E-state index in [0.717, 1.165) is 0 Å². The summed E-state index contributed by atoms with van der Waals surface area (Å²) in [6.45, 7) is 0. The summed E-state index contributed by atoms with van der Waals surface area (Å²) in [7, 11) is 0. The molecule has 0 aromatic carbocycles. The van der Waals surface area contributed by atoms with E-state index in [1.807, 2.05) is 22.6 Å². The maximum atomic E-state index is 10.3.